The van der Waals surface area contributed by atoms with Gasteiger partial charge in [0.05, 0.1) is 0 Å². The molecule has 0 radical (unpaired) electrons. The fraction of sp³-hybridized carbons (Fsp3) is 0.714. The number of rotatable bonds is 7. The van der Waals surface area contributed by atoms with Crippen LogP contribution in [0.15, 0.2) is 15.9 Å². The Balaban J connectivity index is 1.43. The van der Waals surface area contributed by atoms with Crippen LogP contribution in [0.3, 0.4) is 0 Å². The van der Waals surface area contributed by atoms with Crippen molar-refractivity contribution in [2.75, 3.05) is 18.8 Å². The predicted octanol–water partition coefficient (Wildman–Crippen LogP) is 2.37. The topological polar surface area (TPSA) is 45.2 Å². The molecule has 20 heavy (non-hydrogen) atoms. The number of carbonyl (C=O) groups excluding carboxylic acids is 1. The zero-order valence-corrected chi connectivity index (χ0v) is 13.2. The molecule has 1 aliphatic heterocycles. The summed E-state index contributed by atoms with van der Waals surface area (Å²) in [5, 5.41) is 5.60. The van der Waals surface area contributed by atoms with E-state index in [-0.39, 0.29) is 0 Å². The van der Waals surface area contributed by atoms with Gasteiger partial charge in [-0.15, -0.1) is 11.3 Å². The average Bonchev–Trinajstić information content (AvgIpc) is 3.00. The van der Waals surface area contributed by atoms with Crippen molar-refractivity contribution in [1.29, 1.82) is 0 Å². The van der Waals surface area contributed by atoms with Gasteiger partial charge in [-0.1, -0.05) is 18.2 Å². The average molecular weight is 311 g/mol. The molecule has 1 saturated heterocycles. The predicted molar refractivity (Wildman–Crippen MR) is 83.2 cm³/mol. The lowest BCUT2D eigenvalue weighted by molar-refractivity contribution is -0.128. The highest BCUT2D eigenvalue weighted by Crippen LogP contribution is 2.24. The molecule has 0 spiro atoms. The maximum absolute atomic E-state index is 12.0. The van der Waals surface area contributed by atoms with E-state index < -0.39 is 0 Å². The summed E-state index contributed by atoms with van der Waals surface area (Å²) in [4.78, 5) is 18.3. The van der Waals surface area contributed by atoms with Crippen LogP contribution in [0, 0.1) is 0 Å². The number of thiazole rings is 1. The highest BCUT2D eigenvalue weighted by Gasteiger charge is 2.31. The summed E-state index contributed by atoms with van der Waals surface area (Å²) in [6.45, 7) is 1.82. The summed E-state index contributed by atoms with van der Waals surface area (Å²) in [7, 11) is 0. The first kappa shape index (κ1) is 14.4. The number of hydrogen-bond donors (Lipinski definition) is 1. The van der Waals surface area contributed by atoms with Crippen molar-refractivity contribution in [2.24, 2.45) is 0 Å². The third-order valence-electron chi connectivity index (χ3n) is 4.17. The SMILES string of the molecule is O=C1CC[C@H](CNC2CCC2)N1CCSc1nccs1. The molecule has 1 atom stereocenters. The van der Waals surface area contributed by atoms with Crippen LogP contribution in [0.5, 0.6) is 0 Å². The lowest BCUT2D eigenvalue weighted by Crippen LogP contribution is -2.45. The van der Waals surface area contributed by atoms with Crippen LogP contribution in [0.4, 0.5) is 0 Å². The quantitative estimate of drug-likeness (QED) is 0.785. The van der Waals surface area contributed by atoms with Crippen LogP contribution in [0.25, 0.3) is 0 Å². The van der Waals surface area contributed by atoms with Gasteiger partial charge >= 0.3 is 0 Å². The summed E-state index contributed by atoms with van der Waals surface area (Å²) in [5.74, 6) is 1.27. The molecular formula is C14H21N3OS2. The van der Waals surface area contributed by atoms with Crippen LogP contribution in [-0.4, -0.2) is 46.7 Å². The van der Waals surface area contributed by atoms with Gasteiger partial charge in [0.1, 0.15) is 4.34 Å². The van der Waals surface area contributed by atoms with Crippen molar-refractivity contribution >= 4 is 29.0 Å². The van der Waals surface area contributed by atoms with E-state index in [9.17, 15) is 4.79 Å². The second-order valence-corrected chi connectivity index (χ2v) is 7.70. The summed E-state index contributed by atoms with van der Waals surface area (Å²) in [5.41, 5.74) is 0. The van der Waals surface area contributed by atoms with Crippen molar-refractivity contribution < 1.29 is 4.79 Å². The van der Waals surface area contributed by atoms with E-state index in [0.717, 1.165) is 36.0 Å². The number of nitrogens with zero attached hydrogens (tertiary/aromatic N) is 2. The fourth-order valence-corrected chi connectivity index (χ4v) is 4.39. The first-order valence-corrected chi connectivity index (χ1v) is 9.24. The van der Waals surface area contributed by atoms with Crippen molar-refractivity contribution in [3.05, 3.63) is 11.6 Å². The smallest absolute Gasteiger partial charge is 0.222 e. The molecule has 1 N–H and O–H groups in total. The van der Waals surface area contributed by atoms with Gasteiger partial charge in [0, 0.05) is 48.9 Å². The lowest BCUT2D eigenvalue weighted by atomic mass is 9.93. The van der Waals surface area contributed by atoms with Gasteiger partial charge in [0.15, 0.2) is 0 Å². The van der Waals surface area contributed by atoms with E-state index in [1.807, 2.05) is 11.6 Å². The van der Waals surface area contributed by atoms with Gasteiger partial charge in [0.2, 0.25) is 5.91 Å². The Morgan fingerprint density at radius 3 is 3.05 bits per heavy atom. The van der Waals surface area contributed by atoms with Crippen LogP contribution >= 0.6 is 23.1 Å². The molecule has 110 valence electrons. The molecule has 1 amide bonds. The molecule has 3 rings (SSSR count). The van der Waals surface area contributed by atoms with Gasteiger partial charge in [-0.05, 0) is 19.3 Å². The van der Waals surface area contributed by atoms with Crippen LogP contribution < -0.4 is 5.32 Å². The Bertz CT molecular complexity index is 434. The van der Waals surface area contributed by atoms with Crippen LogP contribution in [-0.2, 0) is 4.79 Å². The molecule has 1 aromatic rings. The van der Waals surface area contributed by atoms with Crippen molar-refractivity contribution in [3.63, 3.8) is 0 Å². The van der Waals surface area contributed by atoms with Crippen LogP contribution in [0.2, 0.25) is 0 Å². The van der Waals surface area contributed by atoms with E-state index in [4.69, 9.17) is 0 Å². The van der Waals surface area contributed by atoms with E-state index >= 15 is 0 Å². The largest absolute Gasteiger partial charge is 0.338 e. The number of carbonyl (C=O) groups is 1. The Morgan fingerprint density at radius 1 is 1.45 bits per heavy atom. The molecule has 6 heteroatoms. The van der Waals surface area contributed by atoms with E-state index in [1.54, 1.807) is 23.1 Å². The van der Waals surface area contributed by atoms with Gasteiger partial charge in [-0.3, -0.25) is 4.79 Å². The van der Waals surface area contributed by atoms with Crippen molar-refractivity contribution in [3.8, 4) is 0 Å². The second-order valence-electron chi connectivity index (χ2n) is 5.46. The Hall–Kier alpha value is -0.590. The molecular weight excluding hydrogens is 290 g/mol. The maximum Gasteiger partial charge on any atom is 0.222 e. The molecule has 2 heterocycles. The van der Waals surface area contributed by atoms with Gasteiger partial charge in [0.25, 0.3) is 0 Å². The fourth-order valence-electron chi connectivity index (χ4n) is 2.74. The molecule has 1 aliphatic carbocycles. The zero-order valence-electron chi connectivity index (χ0n) is 11.6. The standard InChI is InChI=1S/C14H21N3OS2/c18-13-5-4-12(10-16-11-2-1-3-11)17(13)7-9-20-14-15-6-8-19-14/h6,8,11-12,16H,1-5,7,9-10H2/t12-/m1/s1. The third-order valence-corrected chi connectivity index (χ3v) is 6.11. The Morgan fingerprint density at radius 2 is 2.35 bits per heavy atom. The molecule has 1 aromatic heterocycles. The maximum atomic E-state index is 12.0. The number of aromatic nitrogens is 1. The first-order chi connectivity index (χ1) is 9.83. The molecule has 0 bridgehead atoms. The number of thioether (sulfide) groups is 1. The summed E-state index contributed by atoms with van der Waals surface area (Å²) < 4.78 is 1.10. The molecule has 4 nitrogen and oxygen atoms in total. The number of amides is 1. The minimum atomic E-state index is 0.324. The van der Waals surface area contributed by atoms with Crippen molar-refractivity contribution in [1.82, 2.24) is 15.2 Å². The minimum Gasteiger partial charge on any atom is -0.338 e. The summed E-state index contributed by atoms with van der Waals surface area (Å²) >= 11 is 3.42. The number of likely N-dealkylation sites (tertiary alicyclic amines) is 1. The monoisotopic (exact) mass is 311 g/mol. The first-order valence-electron chi connectivity index (χ1n) is 7.38. The highest BCUT2D eigenvalue weighted by atomic mass is 32.2. The summed E-state index contributed by atoms with van der Waals surface area (Å²) in [6.07, 6.45) is 7.54. The highest BCUT2D eigenvalue weighted by molar-refractivity contribution is 8.01. The van der Waals surface area contributed by atoms with E-state index in [1.165, 1.54) is 19.3 Å². The number of nitrogens with one attached hydrogen (secondary N) is 1. The zero-order chi connectivity index (χ0) is 13.8. The van der Waals surface area contributed by atoms with Crippen LogP contribution in [0.1, 0.15) is 32.1 Å². The van der Waals surface area contributed by atoms with Gasteiger partial charge in [-0.25, -0.2) is 4.98 Å². The Labute approximate surface area is 128 Å². The molecule has 0 aromatic carbocycles. The molecule has 2 fully saturated rings. The van der Waals surface area contributed by atoms with E-state index in [2.05, 4.69) is 15.2 Å². The van der Waals surface area contributed by atoms with Gasteiger partial charge in [-0.2, -0.15) is 0 Å². The Kier molecular flexibility index (Phi) is 4.96. The summed E-state index contributed by atoms with van der Waals surface area (Å²) in [6, 6.07) is 1.11. The molecule has 2 aliphatic rings. The van der Waals surface area contributed by atoms with E-state index in [0.29, 0.717) is 18.0 Å². The number of hydrogen-bond acceptors (Lipinski definition) is 5. The third kappa shape index (κ3) is 3.54. The normalized spacial score (nSPS) is 23.3. The molecule has 1 saturated carbocycles. The second kappa shape index (κ2) is 6.91. The van der Waals surface area contributed by atoms with Gasteiger partial charge < -0.3 is 10.2 Å². The lowest BCUT2D eigenvalue weighted by Gasteiger charge is -2.31. The van der Waals surface area contributed by atoms with Crippen molar-refractivity contribution in [2.45, 2.75) is 48.5 Å². The molecule has 0 unspecified atom stereocenters. The minimum absolute atomic E-state index is 0.324.